The first kappa shape index (κ1) is 24.9. The number of aryl methyl sites for hydroxylation is 1. The minimum Gasteiger partial charge on any atom is -0.366 e. The second kappa shape index (κ2) is 9.92. The van der Waals surface area contributed by atoms with Crippen LogP contribution in [0, 0.1) is 5.82 Å². The SMILES string of the molecule is Cn1cc(C(CC(=O)N2CCN(c3ccccc3F)CC2)c2ccccc2C(F)(F)F)c2ccccc21. The van der Waals surface area contributed by atoms with E-state index in [1.807, 2.05) is 47.0 Å². The Balaban J connectivity index is 1.45. The van der Waals surface area contributed by atoms with Crippen LogP contribution in [-0.4, -0.2) is 41.6 Å². The normalized spacial score (nSPS) is 15.3. The fourth-order valence-electron chi connectivity index (χ4n) is 5.31. The van der Waals surface area contributed by atoms with E-state index in [1.165, 1.54) is 18.2 Å². The largest absolute Gasteiger partial charge is 0.416 e. The number of anilines is 1. The van der Waals surface area contributed by atoms with Crippen LogP contribution in [0.15, 0.2) is 79.0 Å². The van der Waals surface area contributed by atoms with Crippen molar-refractivity contribution in [1.29, 1.82) is 0 Å². The van der Waals surface area contributed by atoms with Crippen molar-refractivity contribution in [3.63, 3.8) is 0 Å². The molecule has 1 amide bonds. The number of nitrogens with zero attached hydrogens (tertiary/aromatic N) is 3. The van der Waals surface area contributed by atoms with Gasteiger partial charge in [0.2, 0.25) is 5.91 Å². The first-order chi connectivity index (χ1) is 17.7. The summed E-state index contributed by atoms with van der Waals surface area (Å²) >= 11 is 0. The molecule has 5 rings (SSSR count). The zero-order valence-corrected chi connectivity index (χ0v) is 20.4. The third-order valence-electron chi connectivity index (χ3n) is 7.15. The number of carbonyl (C=O) groups excluding carboxylic acids is 1. The van der Waals surface area contributed by atoms with Crippen LogP contribution in [0.4, 0.5) is 23.2 Å². The Labute approximate surface area is 212 Å². The molecule has 4 aromatic rings. The molecule has 0 bridgehead atoms. The maximum absolute atomic E-state index is 14.2. The number of para-hydroxylation sites is 2. The molecule has 1 atom stereocenters. The lowest BCUT2D eigenvalue weighted by Crippen LogP contribution is -2.49. The molecule has 1 fully saturated rings. The molecule has 0 radical (unpaired) electrons. The number of hydrogen-bond donors (Lipinski definition) is 0. The number of rotatable bonds is 5. The Kier molecular flexibility index (Phi) is 6.67. The molecule has 0 spiro atoms. The van der Waals surface area contributed by atoms with Gasteiger partial charge in [-0.05, 0) is 35.4 Å². The third kappa shape index (κ3) is 4.92. The van der Waals surface area contributed by atoms with Gasteiger partial charge in [-0.25, -0.2) is 4.39 Å². The van der Waals surface area contributed by atoms with Gasteiger partial charge < -0.3 is 14.4 Å². The summed E-state index contributed by atoms with van der Waals surface area (Å²) in [4.78, 5) is 17.1. The van der Waals surface area contributed by atoms with Gasteiger partial charge in [0.05, 0.1) is 11.3 Å². The number of aromatic nitrogens is 1. The average Bonchev–Trinajstić information content (AvgIpc) is 3.23. The van der Waals surface area contributed by atoms with Gasteiger partial charge in [0, 0.05) is 62.7 Å². The average molecular weight is 510 g/mol. The standard InChI is InChI=1S/C29H27F4N3O/c1-34-19-23(21-9-3-6-12-26(21)34)22(20-8-2-4-10-24(20)29(31,32)33)18-28(37)36-16-14-35(15-17-36)27-13-7-5-11-25(27)30/h2-13,19,22H,14-18H2,1H3. The van der Waals surface area contributed by atoms with Crippen LogP contribution in [0.2, 0.25) is 0 Å². The van der Waals surface area contributed by atoms with Gasteiger partial charge in [-0.15, -0.1) is 0 Å². The highest BCUT2D eigenvalue weighted by Gasteiger charge is 2.37. The van der Waals surface area contributed by atoms with Gasteiger partial charge in [0.15, 0.2) is 0 Å². The lowest BCUT2D eigenvalue weighted by atomic mass is 9.85. The lowest BCUT2D eigenvalue weighted by molar-refractivity contribution is -0.139. The number of hydrogen-bond acceptors (Lipinski definition) is 2. The molecule has 0 aliphatic carbocycles. The van der Waals surface area contributed by atoms with Gasteiger partial charge in [-0.3, -0.25) is 4.79 Å². The first-order valence-electron chi connectivity index (χ1n) is 12.2. The summed E-state index contributed by atoms with van der Waals surface area (Å²) in [5.41, 5.74) is 1.42. The van der Waals surface area contributed by atoms with Crippen LogP contribution in [0.25, 0.3) is 10.9 Å². The Bertz CT molecular complexity index is 1420. The zero-order chi connectivity index (χ0) is 26.2. The highest BCUT2D eigenvalue weighted by Crippen LogP contribution is 2.41. The molecule has 8 heteroatoms. The predicted molar refractivity (Wildman–Crippen MR) is 136 cm³/mol. The smallest absolute Gasteiger partial charge is 0.366 e. The molecule has 1 aliphatic rings. The maximum Gasteiger partial charge on any atom is 0.416 e. The molecule has 3 aromatic carbocycles. The highest BCUT2D eigenvalue weighted by atomic mass is 19.4. The van der Waals surface area contributed by atoms with Crippen LogP contribution in [0.3, 0.4) is 0 Å². The quantitative estimate of drug-likeness (QED) is 0.300. The molecule has 1 aromatic heterocycles. The van der Waals surface area contributed by atoms with Crippen molar-refractivity contribution >= 4 is 22.5 Å². The Morgan fingerprint density at radius 1 is 0.865 bits per heavy atom. The summed E-state index contributed by atoms with van der Waals surface area (Å²) in [6, 6.07) is 19.5. The van der Waals surface area contributed by atoms with E-state index in [2.05, 4.69) is 0 Å². The summed E-state index contributed by atoms with van der Waals surface area (Å²) in [5, 5.41) is 0.823. The molecule has 2 heterocycles. The monoisotopic (exact) mass is 509 g/mol. The van der Waals surface area contributed by atoms with Gasteiger partial charge in [-0.1, -0.05) is 48.5 Å². The van der Waals surface area contributed by atoms with Crippen molar-refractivity contribution in [3.05, 3.63) is 102 Å². The third-order valence-corrected chi connectivity index (χ3v) is 7.15. The van der Waals surface area contributed by atoms with E-state index in [-0.39, 0.29) is 23.7 Å². The van der Waals surface area contributed by atoms with Crippen molar-refractivity contribution in [1.82, 2.24) is 9.47 Å². The van der Waals surface area contributed by atoms with Crippen molar-refractivity contribution in [2.75, 3.05) is 31.1 Å². The van der Waals surface area contributed by atoms with E-state index >= 15 is 0 Å². The summed E-state index contributed by atoms with van der Waals surface area (Å²) in [6.45, 7) is 1.64. The van der Waals surface area contributed by atoms with Crippen molar-refractivity contribution < 1.29 is 22.4 Å². The molecule has 1 unspecified atom stereocenters. The van der Waals surface area contributed by atoms with E-state index in [0.717, 1.165) is 17.0 Å². The fraction of sp³-hybridized carbons (Fsp3) is 0.276. The Morgan fingerprint density at radius 3 is 2.24 bits per heavy atom. The van der Waals surface area contributed by atoms with Gasteiger partial charge >= 0.3 is 6.18 Å². The molecular weight excluding hydrogens is 482 g/mol. The summed E-state index contributed by atoms with van der Waals surface area (Å²) in [5.74, 6) is -1.31. The summed E-state index contributed by atoms with van der Waals surface area (Å²) < 4.78 is 58.2. The summed E-state index contributed by atoms with van der Waals surface area (Å²) in [7, 11) is 1.85. The van der Waals surface area contributed by atoms with Gasteiger partial charge in [0.1, 0.15) is 5.82 Å². The molecular formula is C29H27F4N3O. The minimum atomic E-state index is -4.55. The highest BCUT2D eigenvalue weighted by molar-refractivity contribution is 5.87. The van der Waals surface area contributed by atoms with E-state index in [1.54, 1.807) is 29.2 Å². The first-order valence-corrected chi connectivity index (χ1v) is 12.2. The summed E-state index contributed by atoms with van der Waals surface area (Å²) in [6.07, 6.45) is -2.82. The predicted octanol–water partition coefficient (Wildman–Crippen LogP) is 6.21. The van der Waals surface area contributed by atoms with E-state index < -0.39 is 17.7 Å². The second-order valence-electron chi connectivity index (χ2n) is 9.37. The van der Waals surface area contributed by atoms with Crippen molar-refractivity contribution in [3.8, 4) is 0 Å². The van der Waals surface area contributed by atoms with Crippen LogP contribution < -0.4 is 4.90 Å². The van der Waals surface area contributed by atoms with Gasteiger partial charge in [0.25, 0.3) is 0 Å². The number of fused-ring (bicyclic) bond motifs is 1. The number of halogens is 4. The van der Waals surface area contributed by atoms with Crippen LogP contribution in [0.1, 0.15) is 29.0 Å². The van der Waals surface area contributed by atoms with Gasteiger partial charge in [-0.2, -0.15) is 13.2 Å². The topological polar surface area (TPSA) is 28.5 Å². The molecule has 37 heavy (non-hydrogen) atoms. The second-order valence-corrected chi connectivity index (χ2v) is 9.37. The Morgan fingerprint density at radius 2 is 1.51 bits per heavy atom. The Hall–Kier alpha value is -3.81. The molecule has 4 nitrogen and oxygen atoms in total. The number of carbonyl (C=O) groups is 1. The van der Waals surface area contributed by atoms with Crippen molar-refractivity contribution in [2.45, 2.75) is 18.5 Å². The van der Waals surface area contributed by atoms with Crippen LogP contribution >= 0.6 is 0 Å². The molecule has 1 aliphatic heterocycles. The van der Waals surface area contributed by atoms with E-state index in [4.69, 9.17) is 0 Å². The molecule has 1 saturated heterocycles. The number of piperazine rings is 1. The van der Waals surface area contributed by atoms with Crippen molar-refractivity contribution in [2.24, 2.45) is 7.05 Å². The maximum atomic E-state index is 14.2. The molecule has 192 valence electrons. The van der Waals surface area contributed by atoms with Crippen LogP contribution in [0.5, 0.6) is 0 Å². The molecule has 0 saturated carbocycles. The number of benzene rings is 3. The fourth-order valence-corrected chi connectivity index (χ4v) is 5.31. The van der Waals surface area contributed by atoms with Crippen LogP contribution in [-0.2, 0) is 18.0 Å². The number of amides is 1. The molecule has 0 N–H and O–H groups in total. The van der Waals surface area contributed by atoms with E-state index in [0.29, 0.717) is 37.4 Å². The minimum absolute atomic E-state index is 0.0877. The number of alkyl halides is 3. The lowest BCUT2D eigenvalue weighted by Gasteiger charge is -2.37. The van der Waals surface area contributed by atoms with E-state index in [9.17, 15) is 22.4 Å². The zero-order valence-electron chi connectivity index (χ0n) is 20.4.